The van der Waals surface area contributed by atoms with Gasteiger partial charge in [-0.2, -0.15) is 0 Å². The highest BCUT2D eigenvalue weighted by Gasteiger charge is 2.05. The maximum atomic E-state index is 5.45. The van der Waals surface area contributed by atoms with Crippen LogP contribution in [0.5, 0.6) is 5.75 Å². The molecule has 5 nitrogen and oxygen atoms in total. The van der Waals surface area contributed by atoms with E-state index in [9.17, 15) is 0 Å². The topological polar surface area (TPSA) is 54.9 Å². The zero-order chi connectivity index (χ0) is 18.1. The van der Waals surface area contributed by atoms with Crippen molar-refractivity contribution in [1.82, 2.24) is 10.6 Å². The fourth-order valence-corrected chi connectivity index (χ4v) is 2.58. The normalized spacial score (nSPS) is 10.8. The molecule has 0 saturated carbocycles. The van der Waals surface area contributed by atoms with Gasteiger partial charge in [0.2, 0.25) is 0 Å². The van der Waals surface area contributed by atoms with Crippen LogP contribution in [0.1, 0.15) is 22.3 Å². The summed E-state index contributed by atoms with van der Waals surface area (Å²) >= 11 is 0. The minimum Gasteiger partial charge on any atom is -0.496 e. The predicted molar refractivity (Wildman–Crippen MR) is 117 cm³/mol. The number of nitrogens with zero attached hydrogens (tertiary/aromatic N) is 1. The summed E-state index contributed by atoms with van der Waals surface area (Å²) in [6.07, 6.45) is 0. The van der Waals surface area contributed by atoms with Gasteiger partial charge in [-0.25, -0.2) is 0 Å². The Morgan fingerprint density at radius 3 is 2.42 bits per heavy atom. The van der Waals surface area contributed by atoms with Crippen molar-refractivity contribution < 1.29 is 9.47 Å². The van der Waals surface area contributed by atoms with E-state index < -0.39 is 0 Å². The number of hydrogen-bond donors (Lipinski definition) is 2. The minimum absolute atomic E-state index is 0. The Kier molecular flexibility index (Phi) is 10.0. The molecule has 2 aromatic rings. The lowest BCUT2D eigenvalue weighted by Gasteiger charge is -2.14. The Bertz CT molecular complexity index is 720. The van der Waals surface area contributed by atoms with E-state index in [-0.39, 0.29) is 24.0 Å². The fourth-order valence-electron chi connectivity index (χ4n) is 2.58. The van der Waals surface area contributed by atoms with Gasteiger partial charge in [0.1, 0.15) is 5.75 Å². The highest BCUT2D eigenvalue weighted by atomic mass is 127. The predicted octanol–water partition coefficient (Wildman–Crippen LogP) is 3.63. The summed E-state index contributed by atoms with van der Waals surface area (Å²) in [5.41, 5.74) is 4.62. The lowest BCUT2D eigenvalue weighted by molar-refractivity contribution is 0.185. The average molecular weight is 469 g/mol. The van der Waals surface area contributed by atoms with E-state index in [4.69, 9.17) is 9.47 Å². The molecule has 0 radical (unpaired) electrons. The summed E-state index contributed by atoms with van der Waals surface area (Å²) in [5, 5.41) is 6.66. The number of aryl methyl sites for hydroxylation is 1. The molecule has 0 fully saturated rings. The summed E-state index contributed by atoms with van der Waals surface area (Å²) in [5.74, 6) is 1.63. The van der Waals surface area contributed by atoms with Crippen LogP contribution in [0.4, 0.5) is 0 Å². The summed E-state index contributed by atoms with van der Waals surface area (Å²) in [4.78, 5) is 4.28. The maximum absolute atomic E-state index is 5.45. The van der Waals surface area contributed by atoms with Crippen molar-refractivity contribution in [2.24, 2.45) is 4.99 Å². The van der Waals surface area contributed by atoms with Gasteiger partial charge in [-0.15, -0.1) is 24.0 Å². The molecule has 6 heteroatoms. The first-order valence-corrected chi connectivity index (χ1v) is 8.31. The Hall–Kier alpha value is -1.80. The van der Waals surface area contributed by atoms with Crippen molar-refractivity contribution >= 4 is 29.9 Å². The van der Waals surface area contributed by atoms with Crippen LogP contribution < -0.4 is 15.4 Å². The van der Waals surface area contributed by atoms with E-state index in [1.165, 1.54) is 11.1 Å². The smallest absolute Gasteiger partial charge is 0.191 e. The van der Waals surface area contributed by atoms with Gasteiger partial charge in [-0.05, 0) is 29.7 Å². The third kappa shape index (κ3) is 6.84. The van der Waals surface area contributed by atoms with Gasteiger partial charge in [0.15, 0.2) is 5.96 Å². The Labute approximate surface area is 173 Å². The standard InChI is InChI=1S/C20H27N3O2.HI/c1-15-8-9-18(19(10-15)25-4)13-23-20(21-2)22-12-16-6-5-7-17(11-16)14-24-3;/h5-11H,12-14H2,1-4H3,(H2,21,22,23);1H. The highest BCUT2D eigenvalue weighted by Crippen LogP contribution is 2.19. The van der Waals surface area contributed by atoms with E-state index >= 15 is 0 Å². The molecular formula is C20H28IN3O2. The van der Waals surface area contributed by atoms with Crippen molar-refractivity contribution in [3.8, 4) is 5.75 Å². The largest absolute Gasteiger partial charge is 0.496 e. The second-order valence-corrected chi connectivity index (χ2v) is 5.85. The number of guanidine groups is 1. The molecule has 0 spiro atoms. The van der Waals surface area contributed by atoms with E-state index in [2.05, 4.69) is 52.9 Å². The lowest BCUT2D eigenvalue weighted by atomic mass is 10.1. The second kappa shape index (κ2) is 11.7. The molecule has 0 unspecified atom stereocenters. The maximum Gasteiger partial charge on any atom is 0.191 e. The van der Waals surface area contributed by atoms with E-state index in [1.807, 2.05) is 12.1 Å². The number of ether oxygens (including phenoxy) is 2. The number of aliphatic imine (C=N–C) groups is 1. The van der Waals surface area contributed by atoms with Gasteiger partial charge >= 0.3 is 0 Å². The van der Waals surface area contributed by atoms with Crippen molar-refractivity contribution in [2.75, 3.05) is 21.3 Å². The van der Waals surface area contributed by atoms with E-state index in [0.29, 0.717) is 19.7 Å². The monoisotopic (exact) mass is 469 g/mol. The van der Waals surface area contributed by atoms with Crippen LogP contribution in [-0.2, 0) is 24.4 Å². The molecule has 0 aliphatic carbocycles. The van der Waals surface area contributed by atoms with Gasteiger partial charge in [0.05, 0.1) is 13.7 Å². The quantitative estimate of drug-likeness (QED) is 0.370. The van der Waals surface area contributed by atoms with Crippen LogP contribution in [0.15, 0.2) is 47.5 Å². The number of nitrogens with one attached hydrogen (secondary N) is 2. The molecule has 0 aliphatic rings. The number of benzene rings is 2. The summed E-state index contributed by atoms with van der Waals surface area (Å²) in [7, 11) is 5.16. The van der Waals surface area contributed by atoms with Crippen LogP contribution in [-0.4, -0.2) is 27.2 Å². The minimum atomic E-state index is 0. The second-order valence-electron chi connectivity index (χ2n) is 5.85. The first-order valence-electron chi connectivity index (χ1n) is 8.31. The van der Waals surface area contributed by atoms with Crippen molar-refractivity contribution in [1.29, 1.82) is 0 Å². The Morgan fingerprint density at radius 1 is 1.00 bits per heavy atom. The molecule has 2 aromatic carbocycles. The zero-order valence-electron chi connectivity index (χ0n) is 15.8. The van der Waals surface area contributed by atoms with Crippen LogP contribution in [0, 0.1) is 6.92 Å². The number of hydrogen-bond acceptors (Lipinski definition) is 3. The third-order valence-corrected chi connectivity index (χ3v) is 3.87. The van der Waals surface area contributed by atoms with E-state index in [0.717, 1.165) is 22.8 Å². The summed E-state index contributed by atoms with van der Waals surface area (Å²) in [6.45, 7) is 4.01. The van der Waals surface area contributed by atoms with Crippen LogP contribution in [0.2, 0.25) is 0 Å². The lowest BCUT2D eigenvalue weighted by Crippen LogP contribution is -2.36. The van der Waals surface area contributed by atoms with Crippen LogP contribution in [0.3, 0.4) is 0 Å². The molecule has 142 valence electrons. The van der Waals surface area contributed by atoms with Gasteiger partial charge < -0.3 is 20.1 Å². The Balaban J connectivity index is 0.00000338. The number of rotatable bonds is 7. The molecule has 0 amide bonds. The Morgan fingerprint density at radius 2 is 1.73 bits per heavy atom. The van der Waals surface area contributed by atoms with E-state index in [1.54, 1.807) is 21.3 Å². The SMILES string of the molecule is CN=C(NCc1cccc(COC)c1)NCc1ccc(C)cc1OC.I. The van der Waals surface area contributed by atoms with Gasteiger partial charge in [0, 0.05) is 32.8 Å². The number of methoxy groups -OCH3 is 2. The van der Waals surface area contributed by atoms with Crippen molar-refractivity contribution in [2.45, 2.75) is 26.6 Å². The molecule has 0 atom stereocenters. The average Bonchev–Trinajstić information content (AvgIpc) is 2.63. The van der Waals surface area contributed by atoms with Gasteiger partial charge in [-0.1, -0.05) is 36.4 Å². The van der Waals surface area contributed by atoms with Crippen LogP contribution in [0.25, 0.3) is 0 Å². The third-order valence-electron chi connectivity index (χ3n) is 3.87. The number of halogens is 1. The molecule has 0 bridgehead atoms. The molecule has 2 N–H and O–H groups in total. The van der Waals surface area contributed by atoms with Gasteiger partial charge in [-0.3, -0.25) is 4.99 Å². The molecular weight excluding hydrogens is 441 g/mol. The van der Waals surface area contributed by atoms with Crippen LogP contribution >= 0.6 is 24.0 Å². The van der Waals surface area contributed by atoms with Crippen molar-refractivity contribution in [3.63, 3.8) is 0 Å². The molecule has 2 rings (SSSR count). The summed E-state index contributed by atoms with van der Waals surface area (Å²) in [6, 6.07) is 14.5. The molecule has 0 aliphatic heterocycles. The first-order chi connectivity index (χ1) is 12.2. The first kappa shape index (κ1) is 22.2. The molecule has 0 aromatic heterocycles. The molecule has 0 saturated heterocycles. The fraction of sp³-hybridized carbons (Fsp3) is 0.350. The van der Waals surface area contributed by atoms with Crippen molar-refractivity contribution in [3.05, 3.63) is 64.7 Å². The highest BCUT2D eigenvalue weighted by molar-refractivity contribution is 14.0. The molecule has 26 heavy (non-hydrogen) atoms. The van der Waals surface area contributed by atoms with Gasteiger partial charge in [0.25, 0.3) is 0 Å². The zero-order valence-corrected chi connectivity index (χ0v) is 18.2. The summed E-state index contributed by atoms with van der Waals surface area (Å²) < 4.78 is 10.6. The molecule has 0 heterocycles.